The Morgan fingerprint density at radius 3 is 2.55 bits per heavy atom. The normalized spacial score (nSPS) is 11.3. The minimum absolute atomic E-state index is 0.0419. The van der Waals surface area contributed by atoms with Crippen molar-refractivity contribution in [3.8, 4) is 0 Å². The Balaban J connectivity index is 2.43. The van der Waals surface area contributed by atoms with Gasteiger partial charge in [-0.05, 0) is 24.6 Å². The maximum absolute atomic E-state index is 12.2. The molecule has 106 valence electrons. The Morgan fingerprint density at radius 2 is 1.90 bits per heavy atom. The number of aromatic nitrogens is 2. The lowest BCUT2D eigenvalue weighted by Gasteiger charge is -2.10. The van der Waals surface area contributed by atoms with Crippen LogP contribution >= 0.6 is 23.2 Å². The van der Waals surface area contributed by atoms with Crippen molar-refractivity contribution in [1.29, 1.82) is 0 Å². The first kappa shape index (κ1) is 14.8. The average molecular weight is 333 g/mol. The molecule has 0 fully saturated rings. The minimum atomic E-state index is -3.91. The molecule has 0 aliphatic heterocycles. The van der Waals surface area contributed by atoms with Crippen LogP contribution < -0.4 is 10.5 Å². The largest absolute Gasteiger partial charge is 0.398 e. The standard InChI is InChI=1S/C11H10Cl2N4O2S/c1-6-2-7(12)9(3-8(6)14)20(18,19)17-11-4-10(13)15-5-16-11/h2-5H,14H2,1H3,(H,15,16,17). The fourth-order valence-corrected chi connectivity index (χ4v) is 3.22. The summed E-state index contributed by atoms with van der Waals surface area (Å²) in [7, 11) is -3.91. The van der Waals surface area contributed by atoms with Gasteiger partial charge in [-0.25, -0.2) is 18.4 Å². The number of nitrogens with zero attached hydrogens (tertiary/aromatic N) is 2. The van der Waals surface area contributed by atoms with Gasteiger partial charge < -0.3 is 5.73 Å². The fraction of sp³-hybridized carbons (Fsp3) is 0.0909. The molecule has 0 bridgehead atoms. The SMILES string of the molecule is Cc1cc(Cl)c(S(=O)(=O)Nc2cc(Cl)ncn2)cc1N. The first-order valence-electron chi connectivity index (χ1n) is 5.35. The molecule has 0 atom stereocenters. The van der Waals surface area contributed by atoms with Gasteiger partial charge in [0.25, 0.3) is 10.0 Å². The lowest BCUT2D eigenvalue weighted by atomic mass is 10.2. The zero-order valence-corrected chi connectivity index (χ0v) is 12.6. The lowest BCUT2D eigenvalue weighted by Crippen LogP contribution is -2.15. The van der Waals surface area contributed by atoms with Gasteiger partial charge in [0.15, 0.2) is 0 Å². The topological polar surface area (TPSA) is 98.0 Å². The van der Waals surface area contributed by atoms with Crippen molar-refractivity contribution in [3.05, 3.63) is 40.3 Å². The second-order valence-electron chi connectivity index (χ2n) is 3.97. The molecule has 0 aliphatic rings. The smallest absolute Gasteiger partial charge is 0.264 e. The second kappa shape index (κ2) is 5.43. The maximum atomic E-state index is 12.2. The fourth-order valence-electron chi connectivity index (χ4n) is 1.46. The van der Waals surface area contributed by atoms with E-state index in [9.17, 15) is 8.42 Å². The summed E-state index contributed by atoms with van der Waals surface area (Å²) in [5, 5.41) is 0.191. The minimum Gasteiger partial charge on any atom is -0.398 e. The molecule has 2 rings (SSSR count). The molecule has 1 aromatic carbocycles. The number of hydrogen-bond donors (Lipinski definition) is 2. The highest BCUT2D eigenvalue weighted by Crippen LogP contribution is 2.28. The van der Waals surface area contributed by atoms with Crippen molar-refractivity contribution >= 4 is 44.7 Å². The first-order valence-corrected chi connectivity index (χ1v) is 7.59. The average Bonchev–Trinajstić information content (AvgIpc) is 2.33. The van der Waals surface area contributed by atoms with E-state index in [0.29, 0.717) is 11.3 Å². The molecular formula is C11H10Cl2N4O2S. The van der Waals surface area contributed by atoms with Crippen molar-refractivity contribution < 1.29 is 8.42 Å². The highest BCUT2D eigenvalue weighted by atomic mass is 35.5. The Hall–Kier alpha value is -1.57. The summed E-state index contributed by atoms with van der Waals surface area (Å²) in [6.07, 6.45) is 1.14. The van der Waals surface area contributed by atoms with Crippen LogP contribution in [0.3, 0.4) is 0 Å². The van der Waals surface area contributed by atoms with Crippen molar-refractivity contribution in [2.75, 3.05) is 10.5 Å². The molecule has 0 spiro atoms. The first-order chi connectivity index (χ1) is 9.29. The van der Waals surface area contributed by atoms with Gasteiger partial charge in [-0.3, -0.25) is 4.72 Å². The summed E-state index contributed by atoms with van der Waals surface area (Å²) in [6.45, 7) is 1.73. The maximum Gasteiger partial charge on any atom is 0.264 e. The third-order valence-electron chi connectivity index (χ3n) is 2.48. The summed E-state index contributed by atoms with van der Waals surface area (Å²) >= 11 is 11.6. The third kappa shape index (κ3) is 3.12. The Morgan fingerprint density at radius 1 is 1.20 bits per heavy atom. The summed E-state index contributed by atoms with van der Waals surface area (Å²) in [5.74, 6) is 0.0419. The molecule has 1 aromatic heterocycles. The van der Waals surface area contributed by atoms with Crippen LogP contribution in [0.2, 0.25) is 10.2 Å². The highest BCUT2D eigenvalue weighted by molar-refractivity contribution is 7.92. The monoisotopic (exact) mass is 332 g/mol. The zero-order chi connectivity index (χ0) is 14.9. The van der Waals surface area contributed by atoms with Crippen molar-refractivity contribution in [1.82, 2.24) is 9.97 Å². The molecule has 3 N–H and O–H groups in total. The molecule has 0 radical (unpaired) electrons. The van der Waals surface area contributed by atoms with Gasteiger partial charge in [0.2, 0.25) is 0 Å². The van der Waals surface area contributed by atoms with Crippen LogP contribution in [0.1, 0.15) is 5.56 Å². The second-order valence-corrected chi connectivity index (χ2v) is 6.42. The number of benzene rings is 1. The van der Waals surface area contributed by atoms with Crippen molar-refractivity contribution in [3.63, 3.8) is 0 Å². The van der Waals surface area contributed by atoms with Crippen LogP contribution in [0, 0.1) is 6.92 Å². The number of rotatable bonds is 3. The van der Waals surface area contributed by atoms with Crippen molar-refractivity contribution in [2.24, 2.45) is 0 Å². The number of nitrogens with one attached hydrogen (secondary N) is 1. The molecule has 1 heterocycles. The predicted octanol–water partition coefficient (Wildman–Crippen LogP) is 2.47. The zero-order valence-electron chi connectivity index (χ0n) is 10.3. The number of anilines is 2. The van der Waals surface area contributed by atoms with E-state index in [2.05, 4.69) is 14.7 Å². The summed E-state index contributed by atoms with van der Waals surface area (Å²) < 4.78 is 26.7. The van der Waals surface area contributed by atoms with E-state index in [4.69, 9.17) is 28.9 Å². The van der Waals surface area contributed by atoms with E-state index in [1.54, 1.807) is 6.92 Å². The van der Waals surface area contributed by atoms with Crippen LogP contribution in [0.4, 0.5) is 11.5 Å². The van der Waals surface area contributed by atoms with Crippen LogP contribution in [0.15, 0.2) is 29.4 Å². The van der Waals surface area contributed by atoms with Crippen LogP contribution in [-0.4, -0.2) is 18.4 Å². The van der Waals surface area contributed by atoms with Gasteiger partial charge in [-0.15, -0.1) is 0 Å². The predicted molar refractivity (Wildman–Crippen MR) is 78.5 cm³/mol. The van der Waals surface area contributed by atoms with E-state index < -0.39 is 10.0 Å². The Labute approximate surface area is 126 Å². The third-order valence-corrected chi connectivity index (χ3v) is 4.51. The van der Waals surface area contributed by atoms with E-state index in [0.717, 1.165) is 6.33 Å². The Bertz CT molecular complexity index is 765. The molecule has 0 aliphatic carbocycles. The van der Waals surface area contributed by atoms with Crippen LogP contribution in [0.5, 0.6) is 0 Å². The van der Waals surface area contributed by atoms with Crippen molar-refractivity contribution in [2.45, 2.75) is 11.8 Å². The molecule has 2 aromatic rings. The summed E-state index contributed by atoms with van der Waals surface area (Å²) in [5.41, 5.74) is 6.73. The molecule has 0 unspecified atom stereocenters. The van der Waals surface area contributed by atoms with Gasteiger partial charge in [0.05, 0.1) is 5.02 Å². The van der Waals surface area contributed by atoms with Gasteiger partial charge >= 0.3 is 0 Å². The molecule has 20 heavy (non-hydrogen) atoms. The van der Waals surface area contributed by atoms with Gasteiger partial charge in [-0.2, -0.15) is 0 Å². The quantitative estimate of drug-likeness (QED) is 0.664. The highest BCUT2D eigenvalue weighted by Gasteiger charge is 2.20. The Kier molecular flexibility index (Phi) is 4.03. The van der Waals surface area contributed by atoms with E-state index in [1.807, 2.05) is 0 Å². The molecule has 9 heteroatoms. The van der Waals surface area contributed by atoms with Gasteiger partial charge in [0, 0.05) is 11.8 Å². The van der Waals surface area contributed by atoms with Gasteiger partial charge in [-0.1, -0.05) is 23.2 Å². The molecule has 0 amide bonds. The van der Waals surface area contributed by atoms with E-state index >= 15 is 0 Å². The van der Waals surface area contributed by atoms with E-state index in [1.165, 1.54) is 18.2 Å². The summed E-state index contributed by atoms with van der Waals surface area (Å²) in [6, 6.07) is 4.06. The van der Waals surface area contributed by atoms with Gasteiger partial charge in [0.1, 0.15) is 22.2 Å². The summed E-state index contributed by atoms with van der Waals surface area (Å²) in [4.78, 5) is 7.29. The number of nitrogens with two attached hydrogens (primary N) is 1. The lowest BCUT2D eigenvalue weighted by molar-refractivity contribution is 0.601. The van der Waals surface area contributed by atoms with Crippen LogP contribution in [0.25, 0.3) is 0 Å². The van der Waals surface area contributed by atoms with E-state index in [-0.39, 0.29) is 20.9 Å². The molecular weight excluding hydrogens is 323 g/mol. The van der Waals surface area contributed by atoms with Crippen LogP contribution in [-0.2, 0) is 10.0 Å². The number of nitrogen functional groups attached to an aromatic ring is 1. The molecule has 0 saturated heterocycles. The molecule has 0 saturated carbocycles. The number of aryl methyl sites for hydroxylation is 1. The molecule has 6 nitrogen and oxygen atoms in total. The number of halogens is 2. The number of hydrogen-bond acceptors (Lipinski definition) is 5. The number of sulfonamides is 1.